The predicted molar refractivity (Wildman–Crippen MR) is 102 cm³/mol. The molecule has 0 aliphatic rings. The minimum Gasteiger partial charge on any atom is -0.245 e. The van der Waals surface area contributed by atoms with E-state index in [9.17, 15) is 4.79 Å². The molecule has 8 heteroatoms. The number of hydrogen-bond acceptors (Lipinski definition) is 3. The molecule has 0 saturated carbocycles. The molecule has 0 bridgehead atoms. The van der Waals surface area contributed by atoms with Gasteiger partial charge in [0.2, 0.25) is 0 Å². The summed E-state index contributed by atoms with van der Waals surface area (Å²) < 4.78 is 2.33. The number of rotatable bonds is 2. The highest BCUT2D eigenvalue weighted by Gasteiger charge is 2.18. The van der Waals surface area contributed by atoms with E-state index in [1.165, 1.54) is 4.57 Å². The van der Waals surface area contributed by atoms with E-state index in [1.54, 1.807) is 6.07 Å². The van der Waals surface area contributed by atoms with E-state index in [1.807, 2.05) is 32.0 Å². The molecule has 0 unspecified atom stereocenters. The molecule has 0 amide bonds. The van der Waals surface area contributed by atoms with Crippen LogP contribution in [0.1, 0.15) is 25.3 Å². The van der Waals surface area contributed by atoms with Crippen molar-refractivity contribution < 1.29 is 0 Å². The lowest BCUT2D eigenvalue weighted by Gasteiger charge is -2.17. The van der Waals surface area contributed by atoms with E-state index in [-0.39, 0.29) is 21.2 Å². The molecule has 0 aliphatic carbocycles. The third-order valence-corrected chi connectivity index (χ3v) is 5.04. The van der Waals surface area contributed by atoms with Crippen molar-refractivity contribution >= 4 is 61.8 Å². The van der Waals surface area contributed by atoms with E-state index >= 15 is 0 Å². The van der Waals surface area contributed by atoms with Crippen molar-refractivity contribution in [3.05, 3.63) is 60.1 Å². The Kier molecular flexibility index (Phi) is 4.89. The minimum atomic E-state index is -0.525. The van der Waals surface area contributed by atoms with Crippen molar-refractivity contribution in [1.29, 1.82) is 0 Å². The van der Waals surface area contributed by atoms with Crippen LogP contribution in [0.2, 0.25) is 15.3 Å². The molecule has 0 saturated heterocycles. The summed E-state index contributed by atoms with van der Waals surface area (Å²) in [5.41, 5.74) is 1.43. The molecule has 3 rings (SSSR count). The Bertz CT molecular complexity index is 1020. The van der Waals surface area contributed by atoms with Crippen LogP contribution in [0.3, 0.4) is 0 Å². The summed E-state index contributed by atoms with van der Waals surface area (Å²) in [6, 6.07) is 7.21. The summed E-state index contributed by atoms with van der Waals surface area (Å²) in [4.78, 5) is 20.7. The fourth-order valence-electron chi connectivity index (χ4n) is 2.47. The van der Waals surface area contributed by atoms with Crippen LogP contribution >= 0.6 is 50.7 Å². The Morgan fingerprint density at radius 2 is 1.79 bits per heavy atom. The number of nitrogens with zero attached hydrogens (tertiary/aromatic N) is 3. The zero-order chi connectivity index (χ0) is 17.6. The molecule has 2 aromatic heterocycles. The zero-order valence-electron chi connectivity index (χ0n) is 12.6. The number of aromatic nitrogens is 3. The van der Waals surface area contributed by atoms with E-state index < -0.39 is 5.69 Å². The summed E-state index contributed by atoms with van der Waals surface area (Å²) in [6.07, 6.45) is 0. The van der Waals surface area contributed by atoms with E-state index in [0.717, 1.165) is 10.0 Å². The largest absolute Gasteiger partial charge is 0.355 e. The Morgan fingerprint density at radius 3 is 2.46 bits per heavy atom. The third kappa shape index (κ3) is 3.06. The normalized spacial score (nSPS) is 11.5. The summed E-state index contributed by atoms with van der Waals surface area (Å²) in [5.74, 6) is 0.179. The number of hydrogen-bond donors (Lipinski definition) is 0. The Hall–Kier alpha value is -1.14. The second kappa shape index (κ2) is 6.64. The van der Waals surface area contributed by atoms with Crippen LogP contribution in [-0.2, 0) is 0 Å². The summed E-state index contributed by atoms with van der Waals surface area (Å²) in [7, 11) is 0. The highest BCUT2D eigenvalue weighted by Crippen LogP contribution is 2.31. The molecule has 2 heterocycles. The first kappa shape index (κ1) is 17.7. The average molecular weight is 448 g/mol. The molecule has 0 atom stereocenters. The van der Waals surface area contributed by atoms with Gasteiger partial charge in [0, 0.05) is 4.47 Å². The molecule has 0 fully saturated rings. The number of pyridine rings is 1. The van der Waals surface area contributed by atoms with Gasteiger partial charge in [0.25, 0.3) is 0 Å². The fourth-order valence-corrected chi connectivity index (χ4v) is 3.35. The highest BCUT2D eigenvalue weighted by molar-refractivity contribution is 9.10. The first-order valence-corrected chi connectivity index (χ1v) is 8.96. The average Bonchev–Trinajstić information content (AvgIpc) is 2.50. The molecule has 0 radical (unpaired) electrons. The number of fused-ring (bicyclic) bond motifs is 1. The molecular weight excluding hydrogens is 436 g/mol. The second-order valence-electron chi connectivity index (χ2n) is 5.51. The van der Waals surface area contributed by atoms with Crippen molar-refractivity contribution in [1.82, 2.24) is 14.5 Å². The van der Waals surface area contributed by atoms with Crippen molar-refractivity contribution in [2.75, 3.05) is 0 Å². The van der Waals surface area contributed by atoms with Gasteiger partial charge in [-0.25, -0.2) is 14.3 Å². The molecule has 3 aromatic rings. The summed E-state index contributed by atoms with van der Waals surface area (Å²) >= 11 is 21.6. The molecule has 24 heavy (non-hydrogen) atoms. The highest BCUT2D eigenvalue weighted by atomic mass is 79.9. The summed E-state index contributed by atoms with van der Waals surface area (Å²) in [5, 5.41) is 0.851. The van der Waals surface area contributed by atoms with Crippen molar-refractivity contribution in [2.24, 2.45) is 0 Å². The van der Waals surface area contributed by atoms with Gasteiger partial charge in [0.1, 0.15) is 10.3 Å². The molecule has 0 aliphatic heterocycles. The lowest BCUT2D eigenvalue weighted by Crippen LogP contribution is -2.24. The zero-order valence-corrected chi connectivity index (χ0v) is 16.5. The number of benzene rings is 1. The molecule has 4 nitrogen and oxygen atoms in total. The summed E-state index contributed by atoms with van der Waals surface area (Å²) in [6.45, 7) is 4.08. The maximum Gasteiger partial charge on any atom is 0.355 e. The van der Waals surface area contributed by atoms with Gasteiger partial charge < -0.3 is 0 Å². The van der Waals surface area contributed by atoms with E-state index in [4.69, 9.17) is 34.8 Å². The standard InChI is InChI=1S/C16H11BrCl3N3O/c1-7(2)9-5-8(17)3-4-12(9)23-15-10(13(19)22-16(23)24)6-11(18)14(20)21-15/h3-7H,1-2H3. The Balaban J connectivity index is 2.48. The maximum absolute atomic E-state index is 12.6. The lowest BCUT2D eigenvalue weighted by molar-refractivity contribution is 0.833. The first-order chi connectivity index (χ1) is 11.3. The molecule has 124 valence electrons. The smallest absolute Gasteiger partial charge is 0.245 e. The molecular formula is C16H11BrCl3N3O. The van der Waals surface area contributed by atoms with Crippen LogP contribution < -0.4 is 5.69 Å². The molecule has 0 spiro atoms. The number of halogens is 4. The SMILES string of the molecule is CC(C)c1cc(Br)ccc1-n1c(=O)nc(Cl)c2cc(Cl)c(Cl)nc21. The van der Waals surface area contributed by atoms with Gasteiger partial charge >= 0.3 is 5.69 Å². The molecule has 0 N–H and O–H groups in total. The van der Waals surface area contributed by atoms with Gasteiger partial charge in [-0.1, -0.05) is 64.6 Å². The van der Waals surface area contributed by atoms with Crippen LogP contribution in [0.25, 0.3) is 16.7 Å². The van der Waals surface area contributed by atoms with Gasteiger partial charge in [-0.15, -0.1) is 0 Å². The van der Waals surface area contributed by atoms with Gasteiger partial charge in [0.05, 0.1) is 16.1 Å². The van der Waals surface area contributed by atoms with Crippen LogP contribution in [-0.4, -0.2) is 14.5 Å². The monoisotopic (exact) mass is 445 g/mol. The van der Waals surface area contributed by atoms with Crippen LogP contribution in [0.4, 0.5) is 0 Å². The van der Waals surface area contributed by atoms with Crippen LogP contribution in [0.5, 0.6) is 0 Å². The quantitative estimate of drug-likeness (QED) is 0.378. The van der Waals surface area contributed by atoms with Crippen molar-refractivity contribution in [2.45, 2.75) is 19.8 Å². The Morgan fingerprint density at radius 1 is 1.08 bits per heavy atom. The lowest BCUT2D eigenvalue weighted by atomic mass is 10.0. The van der Waals surface area contributed by atoms with E-state index in [2.05, 4.69) is 25.9 Å². The van der Waals surface area contributed by atoms with Gasteiger partial charge in [-0.05, 0) is 35.7 Å². The maximum atomic E-state index is 12.6. The first-order valence-electron chi connectivity index (χ1n) is 7.03. The topological polar surface area (TPSA) is 47.8 Å². The minimum absolute atomic E-state index is 0.0422. The van der Waals surface area contributed by atoms with E-state index in [0.29, 0.717) is 16.7 Å². The van der Waals surface area contributed by atoms with Crippen LogP contribution in [0, 0.1) is 0 Å². The van der Waals surface area contributed by atoms with Crippen LogP contribution in [0.15, 0.2) is 33.5 Å². The third-order valence-electron chi connectivity index (χ3n) is 3.58. The molecule has 1 aromatic carbocycles. The Labute approximate surface area is 161 Å². The van der Waals surface area contributed by atoms with Gasteiger partial charge in [-0.3, -0.25) is 0 Å². The second-order valence-corrected chi connectivity index (χ2v) is 7.55. The van der Waals surface area contributed by atoms with Crippen molar-refractivity contribution in [3.63, 3.8) is 0 Å². The fraction of sp³-hybridized carbons (Fsp3) is 0.188. The predicted octanol–water partition coefficient (Wildman–Crippen LogP) is 5.63. The van der Waals surface area contributed by atoms with Gasteiger partial charge in [0.15, 0.2) is 5.65 Å². The van der Waals surface area contributed by atoms with Gasteiger partial charge in [-0.2, -0.15) is 4.98 Å². The van der Waals surface area contributed by atoms with Crippen molar-refractivity contribution in [3.8, 4) is 5.69 Å².